The summed E-state index contributed by atoms with van der Waals surface area (Å²) in [6, 6.07) is 23.0. The van der Waals surface area contributed by atoms with Gasteiger partial charge in [0.2, 0.25) is 0 Å². The fraction of sp³-hybridized carbons (Fsp3) is 0. The maximum atomic E-state index is 12.4. The van der Waals surface area contributed by atoms with Crippen molar-refractivity contribution < 1.29 is 4.21 Å². The first kappa shape index (κ1) is 13.6. The van der Waals surface area contributed by atoms with Gasteiger partial charge in [-0.3, -0.25) is 0 Å². The molecule has 1 atom stereocenters. The molecule has 0 aromatic heterocycles. The van der Waals surface area contributed by atoms with E-state index in [1.165, 1.54) is 10.8 Å². The molecule has 3 heteroatoms. The van der Waals surface area contributed by atoms with Gasteiger partial charge >= 0.3 is 0 Å². The number of nitrogens with one attached hydrogen (secondary N) is 1. The van der Waals surface area contributed by atoms with Crippen LogP contribution in [0.1, 0.15) is 5.56 Å². The first-order valence-electron chi connectivity index (χ1n) is 6.66. The third-order valence-electron chi connectivity index (χ3n) is 3.32. The molecule has 0 spiro atoms. The quantitative estimate of drug-likeness (QED) is 0.732. The molecule has 21 heavy (non-hydrogen) atoms. The lowest BCUT2D eigenvalue weighted by molar-refractivity contribution is 0.681. The Balaban J connectivity index is 1.94. The number of hydrogen-bond acceptors (Lipinski definition) is 2. The summed E-state index contributed by atoms with van der Waals surface area (Å²) in [4.78, 5) is 0.530. The SMILES string of the molecule is N=S(=O)(/C=C/c1ccc2ccccc2c1)c1ccccc1. The van der Waals surface area contributed by atoms with E-state index in [0.717, 1.165) is 10.9 Å². The van der Waals surface area contributed by atoms with Gasteiger partial charge in [-0.25, -0.2) is 8.99 Å². The third kappa shape index (κ3) is 3.03. The molecule has 104 valence electrons. The first-order chi connectivity index (χ1) is 10.1. The van der Waals surface area contributed by atoms with E-state index >= 15 is 0 Å². The van der Waals surface area contributed by atoms with E-state index in [1.54, 1.807) is 30.3 Å². The average molecular weight is 293 g/mol. The van der Waals surface area contributed by atoms with Crippen molar-refractivity contribution >= 4 is 26.6 Å². The van der Waals surface area contributed by atoms with Gasteiger partial charge in [0.15, 0.2) is 0 Å². The zero-order chi connectivity index (χ0) is 14.7. The van der Waals surface area contributed by atoms with Crippen molar-refractivity contribution in [1.29, 1.82) is 4.78 Å². The molecule has 0 saturated heterocycles. The normalized spacial score (nSPS) is 14.3. The van der Waals surface area contributed by atoms with Crippen molar-refractivity contribution in [3.05, 3.63) is 83.8 Å². The van der Waals surface area contributed by atoms with Crippen LogP contribution in [0.25, 0.3) is 16.8 Å². The van der Waals surface area contributed by atoms with Crippen LogP contribution in [-0.4, -0.2) is 4.21 Å². The Labute approximate surface area is 124 Å². The highest BCUT2D eigenvalue weighted by molar-refractivity contribution is 7.95. The highest BCUT2D eigenvalue weighted by Crippen LogP contribution is 2.18. The molecule has 0 aliphatic carbocycles. The Morgan fingerprint density at radius 3 is 2.24 bits per heavy atom. The molecule has 1 unspecified atom stereocenters. The number of fused-ring (bicyclic) bond motifs is 1. The van der Waals surface area contributed by atoms with Gasteiger partial charge in [-0.15, -0.1) is 0 Å². The van der Waals surface area contributed by atoms with E-state index in [2.05, 4.69) is 6.07 Å². The molecule has 0 amide bonds. The molecular formula is C18H15NOS. The second-order valence-electron chi connectivity index (χ2n) is 4.82. The van der Waals surface area contributed by atoms with E-state index in [4.69, 9.17) is 4.78 Å². The highest BCUT2D eigenvalue weighted by Gasteiger charge is 2.04. The molecule has 0 fully saturated rings. The predicted molar refractivity (Wildman–Crippen MR) is 88.6 cm³/mol. The Morgan fingerprint density at radius 2 is 1.48 bits per heavy atom. The van der Waals surface area contributed by atoms with Crippen LogP contribution >= 0.6 is 0 Å². The molecule has 0 aliphatic heterocycles. The summed E-state index contributed by atoms with van der Waals surface area (Å²) in [5, 5.41) is 3.78. The summed E-state index contributed by atoms with van der Waals surface area (Å²) in [6.07, 6.45) is 1.76. The molecule has 2 nitrogen and oxygen atoms in total. The molecule has 0 bridgehead atoms. The van der Waals surface area contributed by atoms with Crippen molar-refractivity contribution in [3.8, 4) is 0 Å². The Morgan fingerprint density at radius 1 is 0.810 bits per heavy atom. The van der Waals surface area contributed by atoms with Crippen LogP contribution in [0.2, 0.25) is 0 Å². The lowest BCUT2D eigenvalue weighted by Gasteiger charge is -2.02. The van der Waals surface area contributed by atoms with Crippen LogP contribution in [-0.2, 0) is 9.73 Å². The zero-order valence-electron chi connectivity index (χ0n) is 11.4. The largest absolute Gasteiger partial charge is 0.245 e. The molecule has 0 aliphatic rings. The van der Waals surface area contributed by atoms with Crippen LogP contribution < -0.4 is 0 Å². The Hall–Kier alpha value is -2.39. The van der Waals surface area contributed by atoms with E-state index in [0.29, 0.717) is 4.90 Å². The van der Waals surface area contributed by atoms with E-state index < -0.39 is 9.73 Å². The van der Waals surface area contributed by atoms with Crippen molar-refractivity contribution in [1.82, 2.24) is 0 Å². The summed E-state index contributed by atoms with van der Waals surface area (Å²) in [5.41, 5.74) is 0.949. The second kappa shape index (κ2) is 5.54. The van der Waals surface area contributed by atoms with Gasteiger partial charge in [-0.05, 0) is 40.6 Å². The van der Waals surface area contributed by atoms with Crippen LogP contribution in [0, 0.1) is 4.78 Å². The number of rotatable bonds is 3. The standard InChI is InChI=1S/C18H15NOS/c19-21(20,18-8-2-1-3-9-18)13-12-15-10-11-16-6-4-5-7-17(16)14-15/h1-14,19H/b13-12+. The van der Waals surface area contributed by atoms with Crippen molar-refractivity contribution in [2.75, 3.05) is 0 Å². The summed E-state index contributed by atoms with van der Waals surface area (Å²) in [7, 11) is -2.89. The second-order valence-corrected chi connectivity index (χ2v) is 6.77. The highest BCUT2D eigenvalue weighted by atomic mass is 32.2. The molecule has 3 aromatic carbocycles. The van der Waals surface area contributed by atoms with Crippen LogP contribution in [0.15, 0.2) is 83.1 Å². The lowest BCUT2D eigenvalue weighted by atomic mass is 10.1. The Kier molecular flexibility index (Phi) is 3.59. The zero-order valence-corrected chi connectivity index (χ0v) is 12.2. The van der Waals surface area contributed by atoms with Gasteiger partial charge in [0, 0.05) is 5.41 Å². The van der Waals surface area contributed by atoms with Crippen molar-refractivity contribution in [2.45, 2.75) is 4.90 Å². The Bertz CT molecular complexity index is 897. The monoisotopic (exact) mass is 293 g/mol. The van der Waals surface area contributed by atoms with E-state index in [-0.39, 0.29) is 0 Å². The van der Waals surface area contributed by atoms with Crippen LogP contribution in [0.3, 0.4) is 0 Å². The molecule has 0 saturated carbocycles. The van der Waals surface area contributed by atoms with E-state index in [1.807, 2.05) is 42.5 Å². The minimum atomic E-state index is -2.89. The van der Waals surface area contributed by atoms with Crippen molar-refractivity contribution in [2.24, 2.45) is 0 Å². The predicted octanol–water partition coefficient (Wildman–Crippen LogP) is 4.92. The summed E-state index contributed by atoms with van der Waals surface area (Å²) in [6.45, 7) is 0. The van der Waals surface area contributed by atoms with Gasteiger partial charge in [0.05, 0.1) is 14.6 Å². The van der Waals surface area contributed by atoms with Crippen molar-refractivity contribution in [3.63, 3.8) is 0 Å². The topological polar surface area (TPSA) is 40.9 Å². The van der Waals surface area contributed by atoms with Crippen LogP contribution in [0.5, 0.6) is 0 Å². The summed E-state index contributed by atoms with van der Waals surface area (Å²) < 4.78 is 20.4. The summed E-state index contributed by atoms with van der Waals surface area (Å²) in [5.74, 6) is 0. The van der Waals surface area contributed by atoms with Gasteiger partial charge in [0.1, 0.15) is 0 Å². The summed E-state index contributed by atoms with van der Waals surface area (Å²) >= 11 is 0. The van der Waals surface area contributed by atoms with Gasteiger partial charge in [-0.2, -0.15) is 0 Å². The average Bonchev–Trinajstić information content (AvgIpc) is 2.54. The minimum Gasteiger partial charge on any atom is -0.245 e. The number of hydrogen-bond donors (Lipinski definition) is 1. The minimum absolute atomic E-state index is 0.530. The number of benzene rings is 3. The molecule has 0 radical (unpaired) electrons. The fourth-order valence-corrected chi connectivity index (χ4v) is 3.25. The maximum Gasteiger partial charge on any atom is 0.0943 e. The maximum absolute atomic E-state index is 12.4. The van der Waals surface area contributed by atoms with Gasteiger partial charge in [-0.1, -0.05) is 54.6 Å². The smallest absolute Gasteiger partial charge is 0.0943 e. The van der Waals surface area contributed by atoms with Crippen LogP contribution in [0.4, 0.5) is 0 Å². The lowest BCUT2D eigenvalue weighted by Crippen LogP contribution is -1.92. The third-order valence-corrected chi connectivity index (χ3v) is 4.81. The first-order valence-corrected chi connectivity index (χ1v) is 8.28. The van der Waals surface area contributed by atoms with E-state index in [9.17, 15) is 4.21 Å². The van der Waals surface area contributed by atoms with Gasteiger partial charge in [0.25, 0.3) is 0 Å². The molecule has 3 rings (SSSR count). The fourth-order valence-electron chi connectivity index (χ4n) is 2.19. The molecular weight excluding hydrogens is 278 g/mol. The molecule has 1 N–H and O–H groups in total. The molecule has 0 heterocycles. The molecule has 3 aromatic rings. The van der Waals surface area contributed by atoms with Gasteiger partial charge < -0.3 is 0 Å².